The Labute approximate surface area is 197 Å². The molecule has 7 nitrogen and oxygen atoms in total. The van der Waals surface area contributed by atoms with Gasteiger partial charge in [-0.25, -0.2) is 17.2 Å². The van der Waals surface area contributed by atoms with E-state index >= 15 is 0 Å². The Morgan fingerprint density at radius 3 is 2.39 bits per heavy atom. The van der Waals surface area contributed by atoms with Crippen LogP contribution in [-0.4, -0.2) is 51.0 Å². The minimum Gasteiger partial charge on any atom is -0.357 e. The number of rotatable bonds is 10. The van der Waals surface area contributed by atoms with Crippen molar-refractivity contribution in [2.24, 2.45) is 0 Å². The Morgan fingerprint density at radius 2 is 1.82 bits per heavy atom. The zero-order valence-corrected chi connectivity index (χ0v) is 20.1. The molecule has 0 aliphatic carbocycles. The van der Waals surface area contributed by atoms with Crippen molar-refractivity contribution >= 4 is 39.1 Å². The lowest BCUT2D eigenvalue weighted by Gasteiger charge is -2.29. The maximum absolute atomic E-state index is 13.6. The summed E-state index contributed by atoms with van der Waals surface area (Å²) in [6.45, 7) is 1.59. The summed E-state index contributed by atoms with van der Waals surface area (Å²) in [5.74, 6) is -3.00. The number of anilines is 1. The number of sulfonamides is 1. The van der Waals surface area contributed by atoms with Gasteiger partial charge in [-0.3, -0.25) is 13.9 Å². The number of hydrogen-bond acceptors (Lipinski definition) is 4. The molecule has 0 unspecified atom stereocenters. The molecule has 2 amide bonds. The second kappa shape index (κ2) is 11.4. The van der Waals surface area contributed by atoms with E-state index in [0.717, 1.165) is 34.3 Å². The van der Waals surface area contributed by atoms with Crippen LogP contribution in [0.1, 0.15) is 25.3 Å². The van der Waals surface area contributed by atoms with Gasteiger partial charge < -0.3 is 10.2 Å². The molecular formula is C22H26ClF2N3O4S. The molecule has 1 N–H and O–H groups in total. The number of halogens is 3. The monoisotopic (exact) mass is 501 g/mol. The van der Waals surface area contributed by atoms with Crippen LogP contribution in [0.2, 0.25) is 5.02 Å². The average Bonchev–Trinajstić information content (AvgIpc) is 2.75. The largest absolute Gasteiger partial charge is 0.357 e. The van der Waals surface area contributed by atoms with Crippen molar-refractivity contribution in [3.63, 3.8) is 0 Å². The van der Waals surface area contributed by atoms with Crippen LogP contribution in [-0.2, 0) is 26.2 Å². The zero-order chi connectivity index (χ0) is 24.8. The Bertz CT molecular complexity index is 1110. The van der Waals surface area contributed by atoms with Crippen LogP contribution in [0.3, 0.4) is 0 Å². The van der Waals surface area contributed by atoms with Crippen molar-refractivity contribution in [3.8, 4) is 0 Å². The van der Waals surface area contributed by atoms with Crippen LogP contribution < -0.4 is 9.62 Å². The van der Waals surface area contributed by atoms with Crippen molar-refractivity contribution in [1.29, 1.82) is 0 Å². The highest BCUT2D eigenvalue weighted by molar-refractivity contribution is 7.92. The van der Waals surface area contributed by atoms with Gasteiger partial charge in [-0.15, -0.1) is 0 Å². The van der Waals surface area contributed by atoms with Gasteiger partial charge in [0.1, 0.15) is 6.04 Å². The summed E-state index contributed by atoms with van der Waals surface area (Å²) in [7, 11) is -2.35. The Morgan fingerprint density at radius 1 is 1.12 bits per heavy atom. The van der Waals surface area contributed by atoms with Gasteiger partial charge in [-0.05, 0) is 43.2 Å². The first-order valence-electron chi connectivity index (χ1n) is 10.1. The molecule has 1 atom stereocenters. The predicted octanol–water partition coefficient (Wildman–Crippen LogP) is 3.33. The second-order valence-corrected chi connectivity index (χ2v) is 9.82. The van der Waals surface area contributed by atoms with Crippen molar-refractivity contribution < 1.29 is 26.8 Å². The fourth-order valence-corrected chi connectivity index (χ4v) is 4.44. The molecule has 0 bridgehead atoms. The van der Waals surface area contributed by atoms with Gasteiger partial charge in [0.25, 0.3) is 0 Å². The molecule has 2 rings (SSSR count). The van der Waals surface area contributed by atoms with Gasteiger partial charge in [-0.1, -0.05) is 23.7 Å². The average molecular weight is 502 g/mol. The lowest BCUT2D eigenvalue weighted by atomic mass is 10.1. The molecule has 33 heavy (non-hydrogen) atoms. The molecule has 180 valence electrons. The van der Waals surface area contributed by atoms with Gasteiger partial charge in [0, 0.05) is 37.6 Å². The first-order valence-corrected chi connectivity index (χ1v) is 12.3. The van der Waals surface area contributed by atoms with Crippen LogP contribution in [0.15, 0.2) is 42.5 Å². The van der Waals surface area contributed by atoms with Crippen molar-refractivity contribution in [2.45, 2.75) is 32.4 Å². The Hall–Kier alpha value is -2.72. The maximum atomic E-state index is 13.6. The van der Waals surface area contributed by atoms with Crippen LogP contribution in [0.5, 0.6) is 0 Å². The van der Waals surface area contributed by atoms with E-state index in [0.29, 0.717) is 5.02 Å². The normalized spacial score (nSPS) is 12.2. The predicted molar refractivity (Wildman–Crippen MR) is 123 cm³/mol. The topological polar surface area (TPSA) is 86.8 Å². The van der Waals surface area contributed by atoms with Crippen LogP contribution in [0.4, 0.5) is 14.5 Å². The molecule has 0 aliphatic heterocycles. The lowest BCUT2D eigenvalue weighted by molar-refractivity contribution is -0.140. The third kappa shape index (κ3) is 7.40. The fourth-order valence-electron chi connectivity index (χ4n) is 3.27. The second-order valence-electron chi connectivity index (χ2n) is 7.48. The number of carbonyl (C=O) groups is 2. The quantitative estimate of drug-likeness (QED) is 0.541. The summed E-state index contributed by atoms with van der Waals surface area (Å²) in [4.78, 5) is 26.6. The van der Waals surface area contributed by atoms with Crippen LogP contribution >= 0.6 is 11.6 Å². The molecule has 0 aliphatic rings. The highest BCUT2D eigenvalue weighted by Gasteiger charge is 2.26. The third-order valence-corrected chi connectivity index (χ3v) is 6.43. The molecule has 0 aromatic heterocycles. The fraction of sp³-hybridized carbons (Fsp3) is 0.364. The van der Waals surface area contributed by atoms with E-state index in [9.17, 15) is 26.8 Å². The van der Waals surface area contributed by atoms with Gasteiger partial charge in [-0.2, -0.15) is 0 Å². The van der Waals surface area contributed by atoms with E-state index < -0.39 is 27.7 Å². The van der Waals surface area contributed by atoms with Gasteiger partial charge >= 0.3 is 0 Å². The SMILES string of the molecule is CNC(=O)[C@H](C)N(Cc1cccc(Cl)c1)C(=O)CCCN(c1ccc(F)c(F)c1)S(C)(=O)=O. The number of nitrogens with one attached hydrogen (secondary N) is 1. The van der Waals surface area contributed by atoms with Crippen LogP contribution in [0, 0.1) is 11.6 Å². The standard InChI is InChI=1S/C22H26ClF2N3O4S/c1-15(22(30)26-2)27(14-16-6-4-7-17(23)12-16)21(29)8-5-11-28(33(3,31)32)18-9-10-19(24)20(25)13-18/h4,6-7,9-10,12-13,15H,5,8,11,14H2,1-3H3,(H,26,30)/t15-/m0/s1. The van der Waals surface area contributed by atoms with E-state index in [4.69, 9.17) is 11.6 Å². The van der Waals surface area contributed by atoms with Crippen molar-refractivity contribution in [3.05, 3.63) is 64.7 Å². The zero-order valence-electron chi connectivity index (χ0n) is 18.5. The minimum atomic E-state index is -3.81. The number of carbonyl (C=O) groups excluding carboxylic acids is 2. The molecule has 0 saturated carbocycles. The molecule has 11 heteroatoms. The number of amides is 2. The summed E-state index contributed by atoms with van der Waals surface area (Å²) < 4.78 is 52.2. The van der Waals surface area contributed by atoms with Gasteiger partial charge in [0.05, 0.1) is 11.9 Å². The highest BCUT2D eigenvalue weighted by atomic mass is 35.5. The molecule has 2 aromatic rings. The number of benzene rings is 2. The first-order chi connectivity index (χ1) is 15.4. The maximum Gasteiger partial charge on any atom is 0.242 e. The molecular weight excluding hydrogens is 476 g/mol. The molecule has 0 fully saturated rings. The number of nitrogens with zero attached hydrogens (tertiary/aromatic N) is 2. The molecule has 2 aromatic carbocycles. The van der Waals surface area contributed by atoms with Crippen molar-refractivity contribution in [1.82, 2.24) is 10.2 Å². The van der Waals surface area contributed by atoms with E-state index in [1.165, 1.54) is 11.9 Å². The summed E-state index contributed by atoms with van der Waals surface area (Å²) >= 11 is 6.02. The van der Waals surface area contributed by atoms with Crippen molar-refractivity contribution in [2.75, 3.05) is 24.2 Å². The Kier molecular flexibility index (Phi) is 9.18. The van der Waals surface area contributed by atoms with E-state index in [1.807, 2.05) is 0 Å². The van der Waals surface area contributed by atoms with Crippen LogP contribution in [0.25, 0.3) is 0 Å². The Balaban J connectivity index is 2.16. The number of likely N-dealkylation sites (N-methyl/N-ethyl adjacent to an activating group) is 1. The third-order valence-electron chi connectivity index (χ3n) is 5.00. The van der Waals surface area contributed by atoms with Gasteiger partial charge in [0.2, 0.25) is 21.8 Å². The highest BCUT2D eigenvalue weighted by Crippen LogP contribution is 2.22. The molecule has 0 saturated heterocycles. The van der Waals surface area contributed by atoms with Gasteiger partial charge in [0.15, 0.2) is 11.6 Å². The van der Waals surface area contributed by atoms with E-state index in [1.54, 1.807) is 31.2 Å². The van der Waals surface area contributed by atoms with E-state index in [2.05, 4.69) is 5.32 Å². The smallest absolute Gasteiger partial charge is 0.242 e. The molecule has 0 heterocycles. The van der Waals surface area contributed by atoms with E-state index in [-0.39, 0.29) is 43.4 Å². The minimum absolute atomic E-state index is 0.0432. The summed E-state index contributed by atoms with van der Waals surface area (Å²) in [6.07, 6.45) is 0.962. The first kappa shape index (κ1) is 26.5. The lowest BCUT2D eigenvalue weighted by Crippen LogP contribution is -2.46. The number of hydrogen-bond donors (Lipinski definition) is 1. The molecule has 0 radical (unpaired) electrons. The summed E-state index contributed by atoms with van der Waals surface area (Å²) in [6, 6.07) is 8.89. The summed E-state index contributed by atoms with van der Waals surface area (Å²) in [5.41, 5.74) is 0.685. The molecule has 0 spiro atoms. The summed E-state index contributed by atoms with van der Waals surface area (Å²) in [5, 5.41) is 3.00.